The lowest BCUT2D eigenvalue weighted by atomic mass is 10.1. The second-order valence-electron chi connectivity index (χ2n) is 7.67. The molecule has 0 unspecified atom stereocenters. The van der Waals surface area contributed by atoms with Crippen molar-refractivity contribution >= 4 is 38.9 Å². The third-order valence-electron chi connectivity index (χ3n) is 5.67. The van der Waals surface area contributed by atoms with Gasteiger partial charge >= 0.3 is 0 Å². The second-order valence-corrected chi connectivity index (χ2v) is 10.4. The Kier molecular flexibility index (Phi) is 6.31. The topological polar surface area (TPSA) is 75.5 Å². The summed E-state index contributed by atoms with van der Waals surface area (Å²) in [4.78, 5) is 15.0. The molecule has 7 nitrogen and oxygen atoms in total. The maximum Gasteiger partial charge on any atom is 0.292 e. The minimum absolute atomic E-state index is 0.0421. The zero-order chi connectivity index (χ0) is 23.0. The van der Waals surface area contributed by atoms with Gasteiger partial charge in [0.1, 0.15) is 5.02 Å². The van der Waals surface area contributed by atoms with Crippen LogP contribution >= 0.6 is 23.2 Å². The summed E-state index contributed by atoms with van der Waals surface area (Å²) in [6.45, 7) is 5.21. The fourth-order valence-electron chi connectivity index (χ4n) is 3.60. The summed E-state index contributed by atoms with van der Waals surface area (Å²) >= 11 is 12.3. The third-order valence-corrected chi connectivity index (χ3v) is 8.17. The normalized spacial score (nSPS) is 15.2. The van der Waals surface area contributed by atoms with E-state index in [1.165, 1.54) is 15.2 Å². The molecule has 1 aliphatic rings. The lowest BCUT2D eigenvalue weighted by Gasteiger charge is -2.35. The largest absolute Gasteiger partial charge is 0.366 e. The van der Waals surface area contributed by atoms with Crippen LogP contribution in [-0.4, -0.2) is 48.7 Å². The molecule has 0 amide bonds. The zero-order valence-electron chi connectivity index (χ0n) is 17.6. The van der Waals surface area contributed by atoms with Crippen molar-refractivity contribution in [1.29, 1.82) is 0 Å². The fourth-order valence-corrected chi connectivity index (χ4v) is 5.49. The number of aromatic nitrogens is 2. The molecule has 0 N–H and O–H groups in total. The van der Waals surface area contributed by atoms with Gasteiger partial charge in [-0.15, -0.1) is 0 Å². The van der Waals surface area contributed by atoms with Gasteiger partial charge in [0.2, 0.25) is 10.0 Å². The molecule has 1 fully saturated rings. The Morgan fingerprint density at radius 3 is 2.19 bits per heavy atom. The van der Waals surface area contributed by atoms with E-state index in [1.807, 2.05) is 24.8 Å². The molecule has 3 aromatic rings. The number of benzene rings is 2. The van der Waals surface area contributed by atoms with Crippen LogP contribution in [0.15, 0.2) is 58.4 Å². The van der Waals surface area contributed by atoms with Crippen molar-refractivity contribution in [3.8, 4) is 5.69 Å². The number of anilines is 1. The summed E-state index contributed by atoms with van der Waals surface area (Å²) in [7, 11) is -3.59. The summed E-state index contributed by atoms with van der Waals surface area (Å²) in [6, 6.07) is 11.9. The average Bonchev–Trinajstić information content (AvgIpc) is 2.78. The van der Waals surface area contributed by atoms with Crippen LogP contribution in [0, 0.1) is 13.8 Å². The van der Waals surface area contributed by atoms with Gasteiger partial charge in [-0.2, -0.15) is 14.1 Å². The van der Waals surface area contributed by atoms with Crippen molar-refractivity contribution in [3.05, 3.63) is 80.2 Å². The van der Waals surface area contributed by atoms with E-state index in [0.717, 1.165) is 11.1 Å². The van der Waals surface area contributed by atoms with Gasteiger partial charge in [-0.3, -0.25) is 4.79 Å². The van der Waals surface area contributed by atoms with Gasteiger partial charge in [0.05, 0.1) is 22.5 Å². The molecule has 0 bridgehead atoms. The number of sulfonamides is 1. The van der Waals surface area contributed by atoms with E-state index in [1.54, 1.807) is 36.4 Å². The predicted octanol–water partition coefficient (Wildman–Crippen LogP) is 3.67. The minimum Gasteiger partial charge on any atom is -0.366 e. The lowest BCUT2D eigenvalue weighted by molar-refractivity contribution is 0.384. The van der Waals surface area contributed by atoms with E-state index in [0.29, 0.717) is 34.4 Å². The number of nitrogens with zero attached hydrogens (tertiary/aromatic N) is 4. The summed E-state index contributed by atoms with van der Waals surface area (Å²) < 4.78 is 28.8. The number of rotatable bonds is 4. The van der Waals surface area contributed by atoms with Crippen molar-refractivity contribution < 1.29 is 8.42 Å². The molecule has 2 aromatic carbocycles. The van der Waals surface area contributed by atoms with Crippen LogP contribution in [0.3, 0.4) is 0 Å². The number of hydrogen-bond acceptors (Lipinski definition) is 5. The molecule has 1 aromatic heterocycles. The van der Waals surface area contributed by atoms with E-state index >= 15 is 0 Å². The Bertz CT molecular complexity index is 1320. The molecule has 4 rings (SSSR count). The first-order valence-electron chi connectivity index (χ1n) is 10.0. The van der Waals surface area contributed by atoms with Crippen LogP contribution in [0.5, 0.6) is 0 Å². The van der Waals surface area contributed by atoms with Gasteiger partial charge in [-0.25, -0.2) is 8.42 Å². The summed E-state index contributed by atoms with van der Waals surface area (Å²) in [5.41, 5.74) is 2.58. The molecule has 0 saturated carbocycles. The smallest absolute Gasteiger partial charge is 0.292 e. The van der Waals surface area contributed by atoms with Crippen molar-refractivity contribution in [3.63, 3.8) is 0 Å². The zero-order valence-corrected chi connectivity index (χ0v) is 20.0. The van der Waals surface area contributed by atoms with E-state index < -0.39 is 15.6 Å². The molecule has 1 saturated heterocycles. The number of halogens is 2. The summed E-state index contributed by atoms with van der Waals surface area (Å²) in [5.74, 6) is 0. The minimum atomic E-state index is -3.59. The first kappa shape index (κ1) is 22.8. The van der Waals surface area contributed by atoms with Gasteiger partial charge in [-0.05, 0) is 61.4 Å². The van der Waals surface area contributed by atoms with E-state index in [2.05, 4.69) is 5.10 Å². The highest BCUT2D eigenvalue weighted by molar-refractivity contribution is 7.89. The first-order chi connectivity index (χ1) is 15.2. The highest BCUT2D eigenvalue weighted by atomic mass is 35.5. The Morgan fingerprint density at radius 1 is 0.906 bits per heavy atom. The summed E-state index contributed by atoms with van der Waals surface area (Å²) in [6.07, 6.45) is 1.53. The van der Waals surface area contributed by atoms with Crippen molar-refractivity contribution in [2.75, 3.05) is 31.1 Å². The molecule has 0 aliphatic carbocycles. The van der Waals surface area contributed by atoms with Crippen molar-refractivity contribution in [2.24, 2.45) is 0 Å². The Balaban J connectivity index is 1.53. The standard InChI is InChI=1S/C22H22Cl2N4O3S/c1-15-3-8-19(13-16(15)2)32(30,31)27-11-9-26(10-12-27)20-14-25-28(22(29)21(20)24)18-6-4-17(23)5-7-18/h3-8,13-14H,9-12H2,1-2H3. The Labute approximate surface area is 196 Å². The molecule has 0 spiro atoms. The number of piperazine rings is 1. The van der Waals surface area contributed by atoms with Gasteiger partial charge in [0.15, 0.2) is 0 Å². The quantitative estimate of drug-likeness (QED) is 0.555. The first-order valence-corrected chi connectivity index (χ1v) is 12.2. The van der Waals surface area contributed by atoms with E-state index in [9.17, 15) is 13.2 Å². The maximum atomic E-state index is 13.0. The van der Waals surface area contributed by atoms with Crippen molar-refractivity contribution in [2.45, 2.75) is 18.7 Å². The van der Waals surface area contributed by atoms with Crippen LogP contribution in [0.25, 0.3) is 5.69 Å². The average molecular weight is 493 g/mol. The molecular weight excluding hydrogens is 471 g/mol. The molecule has 0 radical (unpaired) electrons. The van der Waals surface area contributed by atoms with Crippen LogP contribution < -0.4 is 10.5 Å². The molecular formula is C22H22Cl2N4O3S. The van der Waals surface area contributed by atoms with Gasteiger partial charge in [-0.1, -0.05) is 29.3 Å². The van der Waals surface area contributed by atoms with Crippen LogP contribution in [-0.2, 0) is 10.0 Å². The number of hydrogen-bond donors (Lipinski definition) is 0. The van der Waals surface area contributed by atoms with E-state index in [4.69, 9.17) is 23.2 Å². The lowest BCUT2D eigenvalue weighted by Crippen LogP contribution is -2.49. The third kappa shape index (κ3) is 4.28. The highest BCUT2D eigenvalue weighted by Crippen LogP contribution is 2.26. The van der Waals surface area contributed by atoms with Crippen LogP contribution in [0.4, 0.5) is 5.69 Å². The predicted molar refractivity (Wildman–Crippen MR) is 127 cm³/mol. The highest BCUT2D eigenvalue weighted by Gasteiger charge is 2.30. The Hall–Kier alpha value is -2.39. The van der Waals surface area contributed by atoms with Gasteiger partial charge in [0, 0.05) is 31.2 Å². The van der Waals surface area contributed by atoms with Crippen LogP contribution in [0.2, 0.25) is 10.0 Å². The number of aryl methyl sites for hydroxylation is 2. The Morgan fingerprint density at radius 2 is 1.56 bits per heavy atom. The summed E-state index contributed by atoms with van der Waals surface area (Å²) in [5, 5.41) is 4.85. The SMILES string of the molecule is Cc1ccc(S(=O)(=O)N2CCN(c3cnn(-c4ccc(Cl)cc4)c(=O)c3Cl)CC2)cc1C. The van der Waals surface area contributed by atoms with Crippen molar-refractivity contribution in [1.82, 2.24) is 14.1 Å². The fraction of sp³-hybridized carbons (Fsp3) is 0.273. The monoisotopic (exact) mass is 492 g/mol. The van der Waals surface area contributed by atoms with Gasteiger partial charge < -0.3 is 4.90 Å². The molecule has 10 heteroatoms. The molecule has 32 heavy (non-hydrogen) atoms. The molecule has 168 valence electrons. The molecule has 1 aliphatic heterocycles. The van der Waals surface area contributed by atoms with E-state index in [-0.39, 0.29) is 18.1 Å². The van der Waals surface area contributed by atoms with Gasteiger partial charge in [0.25, 0.3) is 5.56 Å². The second kappa shape index (κ2) is 8.86. The molecule has 2 heterocycles. The maximum absolute atomic E-state index is 13.0. The molecule has 0 atom stereocenters. The van der Waals surface area contributed by atoms with Crippen LogP contribution in [0.1, 0.15) is 11.1 Å².